The maximum Gasteiger partial charge on any atom is 0.323 e. The smallest absolute Gasteiger partial charge is 0.323 e. The van der Waals surface area contributed by atoms with E-state index < -0.39 is 11.5 Å². The Kier molecular flexibility index (Phi) is 11.7. The minimum Gasteiger partial charge on any atom is -0.480 e. The number of rotatable bonds is 14. The van der Waals surface area contributed by atoms with Crippen molar-refractivity contribution in [2.45, 2.75) is 58.4 Å². The van der Waals surface area contributed by atoms with Crippen molar-refractivity contribution in [1.82, 2.24) is 5.32 Å². The predicted molar refractivity (Wildman–Crippen MR) is 80.1 cm³/mol. The molecule has 0 fully saturated rings. The second-order valence-electron chi connectivity index (χ2n) is 5.25. The molecule has 0 saturated heterocycles. The molecule has 0 spiro atoms. The Morgan fingerprint density at radius 3 is 2.15 bits per heavy atom. The standard InChI is InChI=1S/C15H31NO4/c1-4-6-10-19-12-13-20-11-7-8-15(3,14(17)18)16-9-5-2/h16H,4-13H2,1-3H3,(H,17,18). The van der Waals surface area contributed by atoms with Gasteiger partial charge in [-0.05, 0) is 39.2 Å². The van der Waals surface area contributed by atoms with Gasteiger partial charge in [-0.1, -0.05) is 20.3 Å². The minimum atomic E-state index is -0.850. The van der Waals surface area contributed by atoms with Crippen molar-refractivity contribution in [3.05, 3.63) is 0 Å². The first-order valence-electron chi connectivity index (χ1n) is 7.70. The van der Waals surface area contributed by atoms with Crippen molar-refractivity contribution in [3.8, 4) is 0 Å². The Bertz CT molecular complexity index is 248. The largest absolute Gasteiger partial charge is 0.480 e. The summed E-state index contributed by atoms with van der Waals surface area (Å²) in [5.74, 6) is -0.797. The Balaban J connectivity index is 3.61. The lowest BCUT2D eigenvalue weighted by molar-refractivity contribution is -0.144. The number of unbranched alkanes of at least 4 members (excludes halogenated alkanes) is 1. The molecule has 5 nitrogen and oxygen atoms in total. The third-order valence-corrected chi connectivity index (χ3v) is 3.22. The molecule has 0 amide bonds. The SMILES string of the molecule is CCCCOCCOCCCC(C)(NCCC)C(=O)O. The average molecular weight is 289 g/mol. The lowest BCUT2D eigenvalue weighted by Crippen LogP contribution is -2.49. The van der Waals surface area contributed by atoms with Crippen LogP contribution in [0.25, 0.3) is 0 Å². The molecule has 2 N–H and O–H groups in total. The Labute approximate surface area is 123 Å². The van der Waals surface area contributed by atoms with Gasteiger partial charge in [-0.25, -0.2) is 0 Å². The van der Waals surface area contributed by atoms with Gasteiger partial charge in [0.25, 0.3) is 0 Å². The van der Waals surface area contributed by atoms with Gasteiger partial charge in [-0.2, -0.15) is 0 Å². The van der Waals surface area contributed by atoms with E-state index in [0.717, 1.165) is 38.8 Å². The van der Waals surface area contributed by atoms with Crippen molar-refractivity contribution in [1.29, 1.82) is 0 Å². The Hall–Kier alpha value is -0.650. The van der Waals surface area contributed by atoms with Crippen molar-refractivity contribution in [2.75, 3.05) is 33.0 Å². The van der Waals surface area contributed by atoms with Gasteiger partial charge in [0.05, 0.1) is 13.2 Å². The second-order valence-corrected chi connectivity index (χ2v) is 5.25. The van der Waals surface area contributed by atoms with Crippen molar-refractivity contribution >= 4 is 5.97 Å². The van der Waals surface area contributed by atoms with Gasteiger partial charge in [0.1, 0.15) is 5.54 Å². The predicted octanol–water partition coefficient (Wildman–Crippen LogP) is 2.44. The highest BCUT2D eigenvalue weighted by Gasteiger charge is 2.31. The molecule has 0 aromatic rings. The monoisotopic (exact) mass is 289 g/mol. The normalized spacial score (nSPS) is 14.2. The van der Waals surface area contributed by atoms with Crippen LogP contribution < -0.4 is 5.32 Å². The van der Waals surface area contributed by atoms with Crippen LogP contribution in [0.3, 0.4) is 0 Å². The van der Waals surface area contributed by atoms with Gasteiger partial charge >= 0.3 is 5.97 Å². The summed E-state index contributed by atoms with van der Waals surface area (Å²) in [7, 11) is 0. The highest BCUT2D eigenvalue weighted by Crippen LogP contribution is 2.13. The molecule has 0 heterocycles. The quantitative estimate of drug-likeness (QED) is 0.481. The van der Waals surface area contributed by atoms with Crippen LogP contribution >= 0.6 is 0 Å². The topological polar surface area (TPSA) is 67.8 Å². The number of ether oxygens (including phenoxy) is 2. The van der Waals surface area contributed by atoms with E-state index in [-0.39, 0.29) is 0 Å². The first-order valence-corrected chi connectivity index (χ1v) is 7.70. The molecule has 0 aliphatic heterocycles. The van der Waals surface area contributed by atoms with E-state index in [1.165, 1.54) is 0 Å². The maximum absolute atomic E-state index is 11.3. The number of carboxylic acid groups (broad SMARTS) is 1. The number of nitrogens with one attached hydrogen (secondary N) is 1. The zero-order valence-electron chi connectivity index (χ0n) is 13.2. The van der Waals surface area contributed by atoms with Crippen LogP contribution in [-0.4, -0.2) is 49.6 Å². The summed E-state index contributed by atoms with van der Waals surface area (Å²) in [4.78, 5) is 11.3. The summed E-state index contributed by atoms with van der Waals surface area (Å²) in [5.41, 5.74) is -0.850. The molecule has 0 aromatic carbocycles. The molecule has 1 atom stereocenters. The number of carbonyl (C=O) groups is 1. The highest BCUT2D eigenvalue weighted by molar-refractivity contribution is 5.78. The van der Waals surface area contributed by atoms with Crippen LogP contribution in [0.15, 0.2) is 0 Å². The van der Waals surface area contributed by atoms with E-state index in [1.54, 1.807) is 6.92 Å². The third kappa shape index (κ3) is 9.28. The average Bonchev–Trinajstić information content (AvgIpc) is 2.43. The fourth-order valence-electron chi connectivity index (χ4n) is 1.77. The fourth-order valence-corrected chi connectivity index (χ4v) is 1.77. The van der Waals surface area contributed by atoms with Gasteiger partial charge in [0.2, 0.25) is 0 Å². The zero-order valence-corrected chi connectivity index (χ0v) is 13.2. The number of carboxylic acids is 1. The van der Waals surface area contributed by atoms with E-state index in [2.05, 4.69) is 12.2 Å². The fraction of sp³-hybridized carbons (Fsp3) is 0.933. The van der Waals surface area contributed by atoms with E-state index in [4.69, 9.17) is 9.47 Å². The summed E-state index contributed by atoms with van der Waals surface area (Å²) >= 11 is 0. The molecule has 120 valence electrons. The second kappa shape index (κ2) is 12.1. The summed E-state index contributed by atoms with van der Waals surface area (Å²) in [6, 6.07) is 0. The lowest BCUT2D eigenvalue weighted by Gasteiger charge is -2.26. The minimum absolute atomic E-state index is 0.568. The molecule has 0 radical (unpaired) electrons. The van der Waals surface area contributed by atoms with Gasteiger partial charge in [-0.3, -0.25) is 4.79 Å². The molecule has 0 bridgehead atoms. The first-order chi connectivity index (χ1) is 9.56. The number of hydrogen-bond acceptors (Lipinski definition) is 4. The first kappa shape index (κ1) is 19.4. The van der Waals surface area contributed by atoms with Gasteiger partial charge in [0.15, 0.2) is 0 Å². The van der Waals surface area contributed by atoms with Gasteiger partial charge in [0, 0.05) is 13.2 Å². The van der Waals surface area contributed by atoms with Crippen LogP contribution in [0.5, 0.6) is 0 Å². The van der Waals surface area contributed by atoms with Crippen LogP contribution in [0.4, 0.5) is 0 Å². The summed E-state index contributed by atoms with van der Waals surface area (Å²) < 4.78 is 10.8. The molecule has 0 aliphatic carbocycles. The molecule has 5 heteroatoms. The van der Waals surface area contributed by atoms with E-state index in [0.29, 0.717) is 26.2 Å². The van der Waals surface area contributed by atoms with Crippen molar-refractivity contribution < 1.29 is 19.4 Å². The van der Waals surface area contributed by atoms with E-state index in [9.17, 15) is 9.90 Å². The van der Waals surface area contributed by atoms with Crippen molar-refractivity contribution in [3.63, 3.8) is 0 Å². The molecule has 20 heavy (non-hydrogen) atoms. The molecule has 0 aromatic heterocycles. The summed E-state index contributed by atoms with van der Waals surface area (Å²) in [6.45, 7) is 9.17. The molecular weight excluding hydrogens is 258 g/mol. The Morgan fingerprint density at radius 1 is 1.05 bits per heavy atom. The van der Waals surface area contributed by atoms with E-state index in [1.807, 2.05) is 6.92 Å². The zero-order chi connectivity index (χ0) is 15.3. The van der Waals surface area contributed by atoms with Gasteiger partial charge < -0.3 is 19.9 Å². The van der Waals surface area contributed by atoms with Crippen molar-refractivity contribution in [2.24, 2.45) is 0 Å². The molecule has 0 rings (SSSR count). The molecular formula is C15H31NO4. The number of hydrogen-bond donors (Lipinski definition) is 2. The molecule has 1 unspecified atom stereocenters. The van der Waals surface area contributed by atoms with Crippen LogP contribution in [0, 0.1) is 0 Å². The third-order valence-electron chi connectivity index (χ3n) is 3.22. The lowest BCUT2D eigenvalue weighted by atomic mass is 9.96. The highest BCUT2D eigenvalue weighted by atomic mass is 16.5. The Morgan fingerprint density at radius 2 is 1.65 bits per heavy atom. The van der Waals surface area contributed by atoms with Crippen LogP contribution in [0.2, 0.25) is 0 Å². The molecule has 0 saturated carbocycles. The summed E-state index contributed by atoms with van der Waals surface area (Å²) in [6.07, 6.45) is 4.45. The molecule has 0 aliphatic rings. The van der Waals surface area contributed by atoms with Crippen LogP contribution in [-0.2, 0) is 14.3 Å². The number of aliphatic carboxylic acids is 1. The van der Waals surface area contributed by atoms with Crippen LogP contribution in [0.1, 0.15) is 52.9 Å². The summed E-state index contributed by atoms with van der Waals surface area (Å²) in [5, 5.41) is 12.3. The maximum atomic E-state index is 11.3. The van der Waals surface area contributed by atoms with Gasteiger partial charge in [-0.15, -0.1) is 0 Å². The van der Waals surface area contributed by atoms with E-state index >= 15 is 0 Å².